The molecule has 4 aromatic carbocycles. The molecule has 2 aliphatic rings. The third kappa shape index (κ3) is 17.0. The number of hydrogen-bond acceptors (Lipinski definition) is 6. The minimum atomic E-state index is -3.75. The highest BCUT2D eigenvalue weighted by molar-refractivity contribution is 7.91. The molecule has 15 heteroatoms. The van der Waals surface area contributed by atoms with Crippen molar-refractivity contribution in [2.75, 3.05) is 91.8 Å². The van der Waals surface area contributed by atoms with Gasteiger partial charge in [-0.05, 0) is 71.8 Å². The molecule has 0 spiro atoms. The van der Waals surface area contributed by atoms with Gasteiger partial charge < -0.3 is 88.9 Å². The van der Waals surface area contributed by atoms with Gasteiger partial charge in [0.2, 0.25) is 9.84 Å². The summed E-state index contributed by atoms with van der Waals surface area (Å²) in [4.78, 5) is 6.16. The van der Waals surface area contributed by atoms with Gasteiger partial charge in [0.15, 0.2) is 0 Å². The number of rotatable bonds is 18. The SMILES string of the molecule is O=S(=O)(c1ccc(OCC(O)C[NH+]2CC[NH+](C/C=C\c3ccccc3)CC2)cc1)c1ccc(OCC(O)C[NH+]2CC[NH+](C/C=C/c3ccccc3)CC2)cc1.[Cl-].[Cl-].[Cl-].[Cl-]. The van der Waals surface area contributed by atoms with Crippen molar-refractivity contribution in [1.29, 1.82) is 0 Å². The molecule has 2 unspecified atom stereocenters. The van der Waals surface area contributed by atoms with Crippen molar-refractivity contribution in [3.05, 3.63) is 132 Å². The van der Waals surface area contributed by atoms with Crippen molar-refractivity contribution < 1.29 is 97.3 Å². The second-order valence-electron chi connectivity index (χ2n) is 14.8. The van der Waals surface area contributed by atoms with Gasteiger partial charge in [-0.25, -0.2) is 8.42 Å². The van der Waals surface area contributed by atoms with E-state index in [1.165, 1.54) is 45.2 Å². The molecule has 6 rings (SSSR count). The Morgan fingerprint density at radius 1 is 0.492 bits per heavy atom. The zero-order valence-electron chi connectivity index (χ0n) is 33.2. The number of hydrogen-bond donors (Lipinski definition) is 6. The quantitative estimate of drug-likeness (QED) is 0.0593. The van der Waals surface area contributed by atoms with Crippen molar-refractivity contribution in [3.8, 4) is 11.5 Å². The summed E-state index contributed by atoms with van der Waals surface area (Å²) < 4.78 is 38.3. The van der Waals surface area contributed by atoms with Crippen molar-refractivity contribution in [2.24, 2.45) is 0 Å². The second kappa shape index (κ2) is 26.9. The molecule has 2 fully saturated rings. The lowest BCUT2D eigenvalue weighted by atomic mass is 10.2. The number of quaternary nitrogens is 4. The largest absolute Gasteiger partial charge is 1.00 e. The first-order valence-corrected chi connectivity index (χ1v) is 21.1. The van der Waals surface area contributed by atoms with Gasteiger partial charge in [-0.3, -0.25) is 0 Å². The van der Waals surface area contributed by atoms with Crippen LogP contribution in [0.5, 0.6) is 11.5 Å². The predicted molar refractivity (Wildman–Crippen MR) is 215 cm³/mol. The first-order valence-electron chi connectivity index (χ1n) is 19.6. The molecular formula is C44H58Cl4N4O6S. The van der Waals surface area contributed by atoms with Crippen LogP contribution in [-0.2, 0) is 9.84 Å². The highest BCUT2D eigenvalue weighted by Gasteiger charge is 2.26. The highest BCUT2D eigenvalue weighted by atomic mass is 35.5. The van der Waals surface area contributed by atoms with Crippen LogP contribution in [0.4, 0.5) is 0 Å². The molecule has 2 heterocycles. The van der Waals surface area contributed by atoms with E-state index in [9.17, 15) is 18.6 Å². The Bertz CT molecular complexity index is 1760. The van der Waals surface area contributed by atoms with E-state index in [-0.39, 0.29) is 72.6 Å². The summed E-state index contributed by atoms with van der Waals surface area (Å²) in [7, 11) is -3.75. The van der Waals surface area contributed by atoms with Crippen molar-refractivity contribution in [2.45, 2.75) is 22.0 Å². The predicted octanol–water partition coefficient (Wildman–Crippen LogP) is -13.0. The molecule has 0 bridgehead atoms. The maximum Gasteiger partial charge on any atom is 0.206 e. The molecule has 0 aliphatic carbocycles. The van der Waals surface area contributed by atoms with Crippen LogP contribution in [0.2, 0.25) is 0 Å². The van der Waals surface area contributed by atoms with Crippen molar-refractivity contribution >= 4 is 22.0 Å². The van der Waals surface area contributed by atoms with Gasteiger partial charge in [0.05, 0.1) is 22.9 Å². The zero-order chi connectivity index (χ0) is 38.3. The van der Waals surface area contributed by atoms with Crippen LogP contribution in [0.3, 0.4) is 0 Å². The summed E-state index contributed by atoms with van der Waals surface area (Å²) in [6.07, 6.45) is 7.61. The normalized spacial score (nSPS) is 20.2. The minimum Gasteiger partial charge on any atom is -1.00 e. The molecule has 4 aromatic rings. The third-order valence-electron chi connectivity index (χ3n) is 10.6. The van der Waals surface area contributed by atoms with E-state index in [0.717, 1.165) is 65.4 Å². The Hall–Kier alpha value is -3.17. The Morgan fingerprint density at radius 3 is 1.15 bits per heavy atom. The Balaban J connectivity index is 0.00000300. The van der Waals surface area contributed by atoms with Crippen LogP contribution >= 0.6 is 0 Å². The summed E-state index contributed by atoms with van der Waals surface area (Å²) in [5, 5.41) is 21.3. The minimum absolute atomic E-state index is 0. The maximum atomic E-state index is 13.3. The highest BCUT2D eigenvalue weighted by Crippen LogP contribution is 2.25. The fourth-order valence-electron chi connectivity index (χ4n) is 7.32. The van der Waals surface area contributed by atoms with Gasteiger partial charge in [0.25, 0.3) is 0 Å². The van der Waals surface area contributed by atoms with Crippen LogP contribution in [0.1, 0.15) is 11.1 Å². The first-order chi connectivity index (χ1) is 26.8. The fraction of sp³-hybridized carbons (Fsp3) is 0.364. The monoisotopic (exact) mass is 910 g/mol. The lowest BCUT2D eigenvalue weighted by Gasteiger charge is -2.30. The molecule has 0 aromatic heterocycles. The molecule has 2 saturated heterocycles. The summed E-state index contributed by atoms with van der Waals surface area (Å²) in [5.74, 6) is 1.02. The lowest BCUT2D eigenvalue weighted by Crippen LogP contribution is -3.28. The van der Waals surface area contributed by atoms with Gasteiger partial charge in [-0.2, -0.15) is 0 Å². The average Bonchev–Trinajstić information content (AvgIpc) is 3.22. The Labute approximate surface area is 375 Å². The molecule has 0 radical (unpaired) electrons. The number of ether oxygens (including phenoxy) is 2. The third-order valence-corrected chi connectivity index (χ3v) is 12.3. The number of piperazine rings is 2. The molecule has 59 heavy (non-hydrogen) atoms. The van der Waals surface area contributed by atoms with Crippen LogP contribution < -0.4 is 78.7 Å². The molecule has 2 aliphatic heterocycles. The van der Waals surface area contributed by atoms with Gasteiger partial charge in [0, 0.05) is 0 Å². The summed E-state index contributed by atoms with van der Waals surface area (Å²) >= 11 is 0. The molecule has 6 N–H and O–H groups in total. The molecule has 0 amide bonds. The molecular weight excluding hydrogens is 854 g/mol. The summed E-state index contributed by atoms with van der Waals surface area (Å²) in [6.45, 7) is 11.8. The Morgan fingerprint density at radius 2 is 0.814 bits per heavy atom. The lowest BCUT2D eigenvalue weighted by molar-refractivity contribution is -1.01. The van der Waals surface area contributed by atoms with Crippen LogP contribution in [-0.4, -0.2) is 123 Å². The van der Waals surface area contributed by atoms with E-state index in [1.54, 1.807) is 34.1 Å². The first kappa shape index (κ1) is 52.0. The summed E-state index contributed by atoms with van der Waals surface area (Å²) in [5.41, 5.74) is 2.44. The van der Waals surface area contributed by atoms with E-state index in [4.69, 9.17) is 9.47 Å². The van der Waals surface area contributed by atoms with Gasteiger partial charge in [-0.1, -0.05) is 72.8 Å². The summed E-state index contributed by atoms with van der Waals surface area (Å²) in [6, 6.07) is 33.3. The van der Waals surface area contributed by atoms with Crippen molar-refractivity contribution in [1.82, 2.24) is 0 Å². The zero-order valence-corrected chi connectivity index (χ0v) is 37.0. The van der Waals surface area contributed by atoms with E-state index < -0.39 is 22.0 Å². The van der Waals surface area contributed by atoms with E-state index in [2.05, 4.69) is 48.6 Å². The van der Waals surface area contributed by atoms with E-state index in [1.807, 2.05) is 36.4 Å². The molecule has 10 nitrogen and oxygen atoms in total. The number of aliphatic hydroxyl groups is 2. The number of sulfone groups is 1. The standard InChI is InChI=1S/C44H54N4O6S.4ClH/c49-39(33-47-29-25-45(26-30-47)23-7-13-37-9-3-1-4-10-37)35-53-41-15-19-43(20-16-41)55(51,52)44-21-17-42(18-22-44)54-36-40(50)34-48-31-27-46(28-32-48)24-8-14-38-11-5-2-6-12-38;;;;/h1-22,39-40,49-50H,23-36H2;4*1H/b13-7-,14-8+;;;;. The molecule has 2 atom stereocenters. The second-order valence-corrected chi connectivity index (χ2v) is 16.8. The van der Waals surface area contributed by atoms with Crippen LogP contribution in [0, 0.1) is 0 Å². The number of nitrogens with one attached hydrogen (secondary N) is 4. The molecule has 324 valence electrons. The maximum absolute atomic E-state index is 13.3. The van der Waals surface area contributed by atoms with E-state index >= 15 is 0 Å². The van der Waals surface area contributed by atoms with Gasteiger partial charge in [0.1, 0.15) is 102 Å². The molecule has 0 saturated carbocycles. The number of aliphatic hydroxyl groups excluding tert-OH is 2. The number of benzene rings is 4. The van der Waals surface area contributed by atoms with Crippen molar-refractivity contribution in [3.63, 3.8) is 0 Å². The Kier molecular flexibility index (Phi) is 23.7. The smallest absolute Gasteiger partial charge is 0.206 e. The van der Waals surface area contributed by atoms with E-state index in [0.29, 0.717) is 24.6 Å². The fourth-order valence-corrected chi connectivity index (χ4v) is 8.58. The topological polar surface area (TPSA) is 111 Å². The van der Waals surface area contributed by atoms with Gasteiger partial charge >= 0.3 is 0 Å². The van der Waals surface area contributed by atoms with Gasteiger partial charge in [-0.15, -0.1) is 0 Å². The van der Waals surface area contributed by atoms with Crippen LogP contribution in [0.25, 0.3) is 12.2 Å². The number of halogens is 4. The average molecular weight is 913 g/mol. The van der Waals surface area contributed by atoms with Crippen LogP contribution in [0.15, 0.2) is 131 Å².